The summed E-state index contributed by atoms with van der Waals surface area (Å²) in [4.78, 5) is 15.5. The number of fused-ring (bicyclic) bond motifs is 1. The fourth-order valence-corrected chi connectivity index (χ4v) is 2.69. The minimum atomic E-state index is -0.748. The molecule has 1 heterocycles. The smallest absolute Gasteiger partial charge is 0.308 e. The largest absolute Gasteiger partial charge is 0.481 e. The molecule has 1 aliphatic carbocycles. The molecule has 1 aromatic heterocycles. The molecule has 1 saturated carbocycles. The first-order chi connectivity index (χ1) is 9.13. The molecule has 1 aromatic carbocycles. The number of aliphatic carboxylic acids is 1. The molecule has 0 amide bonds. The molecule has 2 atom stereocenters. The van der Waals surface area contributed by atoms with E-state index < -0.39 is 5.97 Å². The second kappa shape index (κ2) is 4.57. The topological polar surface area (TPSA) is 75.4 Å². The summed E-state index contributed by atoms with van der Waals surface area (Å²) in [6.45, 7) is 2.00. The van der Waals surface area contributed by atoms with E-state index in [1.807, 2.05) is 25.1 Å². The van der Waals surface area contributed by atoms with Crippen LogP contribution < -0.4 is 5.32 Å². The van der Waals surface area contributed by atoms with E-state index in [1.54, 1.807) is 0 Å². The number of hydrogen-bond donors (Lipinski definition) is 2. The van der Waals surface area contributed by atoms with E-state index in [2.05, 4.69) is 10.3 Å². The van der Waals surface area contributed by atoms with Gasteiger partial charge in [0.2, 0.25) is 0 Å². The van der Waals surface area contributed by atoms with Crippen molar-refractivity contribution in [3.8, 4) is 0 Å². The Labute approximate surface area is 110 Å². The van der Waals surface area contributed by atoms with Gasteiger partial charge in [-0.2, -0.15) is 4.98 Å². The standard InChI is InChI=1S/C14H16N2O3/c1-8-5-6-12-11(7-8)16-14(19-12)15-10-4-2-3-9(10)13(17)18/h5-7,9-10H,2-4H2,1H3,(H,15,16)(H,17,18)/t9-,10+/m0/s1. The summed E-state index contributed by atoms with van der Waals surface area (Å²) in [6.07, 6.45) is 2.48. The van der Waals surface area contributed by atoms with Gasteiger partial charge in [-0.05, 0) is 37.5 Å². The summed E-state index contributed by atoms with van der Waals surface area (Å²) in [5.41, 5.74) is 2.64. The van der Waals surface area contributed by atoms with Crippen LogP contribution in [0, 0.1) is 12.8 Å². The second-order valence-corrected chi connectivity index (χ2v) is 5.12. The van der Waals surface area contributed by atoms with E-state index in [1.165, 1.54) is 0 Å². The van der Waals surface area contributed by atoms with Gasteiger partial charge in [0.15, 0.2) is 5.58 Å². The van der Waals surface area contributed by atoms with E-state index in [0.29, 0.717) is 12.4 Å². The monoisotopic (exact) mass is 260 g/mol. The van der Waals surface area contributed by atoms with Gasteiger partial charge in [0.25, 0.3) is 6.01 Å². The lowest BCUT2D eigenvalue weighted by Crippen LogP contribution is -2.29. The van der Waals surface area contributed by atoms with E-state index in [-0.39, 0.29) is 12.0 Å². The highest BCUT2D eigenvalue weighted by molar-refractivity contribution is 5.75. The van der Waals surface area contributed by atoms with Gasteiger partial charge in [-0.25, -0.2) is 0 Å². The lowest BCUT2D eigenvalue weighted by Gasteiger charge is -2.15. The number of rotatable bonds is 3. The van der Waals surface area contributed by atoms with Crippen LogP contribution in [-0.2, 0) is 4.79 Å². The molecule has 100 valence electrons. The van der Waals surface area contributed by atoms with Gasteiger partial charge >= 0.3 is 5.97 Å². The average molecular weight is 260 g/mol. The molecular formula is C14H16N2O3. The molecule has 5 nitrogen and oxygen atoms in total. The lowest BCUT2D eigenvalue weighted by molar-refractivity contribution is -0.141. The molecule has 0 unspecified atom stereocenters. The molecule has 2 aromatic rings. The third-order valence-electron chi connectivity index (χ3n) is 3.69. The maximum absolute atomic E-state index is 11.1. The van der Waals surface area contributed by atoms with E-state index in [4.69, 9.17) is 9.52 Å². The zero-order valence-corrected chi connectivity index (χ0v) is 10.7. The highest BCUT2D eigenvalue weighted by Crippen LogP contribution is 2.29. The maximum atomic E-state index is 11.1. The number of benzene rings is 1. The number of nitrogens with zero attached hydrogens (tertiary/aromatic N) is 1. The minimum Gasteiger partial charge on any atom is -0.481 e. The molecule has 0 spiro atoms. The number of anilines is 1. The first kappa shape index (κ1) is 12.0. The number of aryl methyl sites for hydroxylation is 1. The van der Waals surface area contributed by atoms with Crippen molar-refractivity contribution in [2.24, 2.45) is 5.92 Å². The van der Waals surface area contributed by atoms with Crippen molar-refractivity contribution in [3.05, 3.63) is 23.8 Å². The van der Waals surface area contributed by atoms with Gasteiger partial charge in [-0.3, -0.25) is 4.79 Å². The number of aromatic nitrogens is 1. The van der Waals surface area contributed by atoms with E-state index >= 15 is 0 Å². The first-order valence-corrected chi connectivity index (χ1v) is 6.50. The molecule has 1 fully saturated rings. The van der Waals surface area contributed by atoms with Crippen LogP contribution in [0.15, 0.2) is 22.6 Å². The van der Waals surface area contributed by atoms with Crippen LogP contribution in [0.25, 0.3) is 11.1 Å². The average Bonchev–Trinajstić information content (AvgIpc) is 2.95. The summed E-state index contributed by atoms with van der Waals surface area (Å²) >= 11 is 0. The number of nitrogens with one attached hydrogen (secondary N) is 1. The number of carbonyl (C=O) groups is 1. The zero-order valence-electron chi connectivity index (χ0n) is 10.7. The third kappa shape index (κ3) is 2.28. The van der Waals surface area contributed by atoms with Crippen LogP contribution in [0.5, 0.6) is 0 Å². The molecule has 5 heteroatoms. The van der Waals surface area contributed by atoms with E-state index in [9.17, 15) is 4.79 Å². The van der Waals surface area contributed by atoms with Crippen molar-refractivity contribution in [2.75, 3.05) is 5.32 Å². The van der Waals surface area contributed by atoms with Crippen LogP contribution in [0.4, 0.5) is 6.01 Å². The van der Waals surface area contributed by atoms with Gasteiger partial charge in [-0.15, -0.1) is 0 Å². The Morgan fingerprint density at radius 2 is 2.32 bits per heavy atom. The molecule has 0 aliphatic heterocycles. The number of hydrogen-bond acceptors (Lipinski definition) is 4. The number of carboxylic acid groups (broad SMARTS) is 1. The highest BCUT2D eigenvalue weighted by atomic mass is 16.4. The summed E-state index contributed by atoms with van der Waals surface area (Å²) in [5.74, 6) is -1.10. The van der Waals surface area contributed by atoms with Gasteiger partial charge in [0.05, 0.1) is 5.92 Å². The summed E-state index contributed by atoms with van der Waals surface area (Å²) < 4.78 is 5.60. The van der Waals surface area contributed by atoms with Crippen molar-refractivity contribution in [3.63, 3.8) is 0 Å². The summed E-state index contributed by atoms with van der Waals surface area (Å²) in [7, 11) is 0. The van der Waals surface area contributed by atoms with Gasteiger partial charge in [0, 0.05) is 6.04 Å². The Morgan fingerprint density at radius 3 is 3.11 bits per heavy atom. The zero-order chi connectivity index (χ0) is 13.4. The fourth-order valence-electron chi connectivity index (χ4n) is 2.69. The Hall–Kier alpha value is -2.04. The Kier molecular flexibility index (Phi) is 2.89. The van der Waals surface area contributed by atoms with E-state index in [0.717, 1.165) is 29.5 Å². The maximum Gasteiger partial charge on any atom is 0.308 e. The minimum absolute atomic E-state index is 0.0911. The van der Waals surface area contributed by atoms with Gasteiger partial charge in [-0.1, -0.05) is 12.5 Å². The third-order valence-corrected chi connectivity index (χ3v) is 3.69. The molecule has 3 rings (SSSR count). The SMILES string of the molecule is Cc1ccc2oc(N[C@@H]3CCC[C@@H]3C(=O)O)nc2c1. The second-order valence-electron chi connectivity index (χ2n) is 5.12. The summed E-state index contributed by atoms with van der Waals surface area (Å²) in [5, 5.41) is 12.3. The van der Waals surface area contributed by atoms with Crippen molar-refractivity contribution in [1.82, 2.24) is 4.98 Å². The fraction of sp³-hybridized carbons (Fsp3) is 0.429. The number of oxazole rings is 1. The number of carboxylic acids is 1. The molecule has 1 aliphatic rings. The molecule has 0 bridgehead atoms. The van der Waals surface area contributed by atoms with Crippen LogP contribution in [0.3, 0.4) is 0 Å². The normalized spacial score (nSPS) is 22.8. The molecular weight excluding hydrogens is 244 g/mol. The predicted molar refractivity (Wildman–Crippen MR) is 71.1 cm³/mol. The quantitative estimate of drug-likeness (QED) is 0.887. The lowest BCUT2D eigenvalue weighted by atomic mass is 10.0. The molecule has 19 heavy (non-hydrogen) atoms. The van der Waals surface area contributed by atoms with Gasteiger partial charge in [0.1, 0.15) is 5.52 Å². The van der Waals surface area contributed by atoms with Crippen LogP contribution >= 0.6 is 0 Å². The van der Waals surface area contributed by atoms with Crippen molar-refractivity contribution in [1.29, 1.82) is 0 Å². The van der Waals surface area contributed by atoms with Crippen LogP contribution in [0.1, 0.15) is 24.8 Å². The Morgan fingerprint density at radius 1 is 1.47 bits per heavy atom. The predicted octanol–water partition coefficient (Wildman–Crippen LogP) is 2.80. The molecule has 0 saturated heterocycles. The van der Waals surface area contributed by atoms with Crippen LogP contribution in [0.2, 0.25) is 0 Å². The highest BCUT2D eigenvalue weighted by Gasteiger charge is 2.33. The molecule has 0 radical (unpaired) electrons. The van der Waals surface area contributed by atoms with Crippen molar-refractivity contribution >= 4 is 23.1 Å². The van der Waals surface area contributed by atoms with Gasteiger partial charge < -0.3 is 14.8 Å². The Bertz CT molecular complexity index is 620. The van der Waals surface area contributed by atoms with Crippen molar-refractivity contribution in [2.45, 2.75) is 32.2 Å². The van der Waals surface area contributed by atoms with Crippen molar-refractivity contribution < 1.29 is 14.3 Å². The first-order valence-electron chi connectivity index (χ1n) is 6.50. The Balaban J connectivity index is 1.83. The molecule has 2 N–H and O–H groups in total. The van der Waals surface area contributed by atoms with Crippen LogP contribution in [-0.4, -0.2) is 22.1 Å². The summed E-state index contributed by atoms with van der Waals surface area (Å²) in [6, 6.07) is 6.12.